The lowest BCUT2D eigenvalue weighted by molar-refractivity contribution is -0.136. The molecule has 0 saturated heterocycles. The van der Waals surface area contributed by atoms with Crippen LogP contribution in [0.5, 0.6) is 0 Å². The monoisotopic (exact) mass is 353 g/mol. The molecule has 2 aromatic rings. The number of aliphatic hydroxyl groups excluding tert-OH is 1. The summed E-state index contributed by atoms with van der Waals surface area (Å²) < 4.78 is 0. The normalized spacial score (nSPS) is 13.9. The van der Waals surface area contributed by atoms with E-state index in [9.17, 15) is 14.7 Å². The Labute approximate surface area is 152 Å². The number of carbonyl (C=O) groups excluding carboxylic acids is 2. The molecule has 0 aromatic heterocycles. The van der Waals surface area contributed by atoms with Gasteiger partial charge >= 0.3 is 11.8 Å². The summed E-state index contributed by atoms with van der Waals surface area (Å²) in [6, 6.07) is 13.0. The predicted octanol–water partition coefficient (Wildman–Crippen LogP) is 1.78. The van der Waals surface area contributed by atoms with Gasteiger partial charge in [-0.15, -0.1) is 0 Å². The topological polar surface area (TPSA) is 81.7 Å². The molecule has 6 nitrogen and oxygen atoms in total. The highest BCUT2D eigenvalue weighted by atomic mass is 16.3. The average molecular weight is 353 g/mol. The molecule has 0 radical (unpaired) electrons. The number of benzene rings is 2. The van der Waals surface area contributed by atoms with E-state index in [0.29, 0.717) is 5.69 Å². The molecule has 1 aliphatic heterocycles. The van der Waals surface area contributed by atoms with Gasteiger partial charge in [-0.2, -0.15) is 0 Å². The molecule has 3 N–H and O–H groups in total. The Balaban J connectivity index is 1.53. The first-order valence-electron chi connectivity index (χ1n) is 8.62. The Morgan fingerprint density at radius 2 is 1.88 bits per heavy atom. The second-order valence-electron chi connectivity index (χ2n) is 6.61. The molecule has 1 aliphatic rings. The highest BCUT2D eigenvalue weighted by Crippen LogP contribution is 2.29. The summed E-state index contributed by atoms with van der Waals surface area (Å²) >= 11 is 0. The standard InChI is InChI=1S/C20H23N3O3/c1-13-3-6-16(7-4-13)22-20(26)19(25)21-12-18(24)15-5-8-17-14(11-15)9-10-23(17)2/h3-8,11,18,24H,9-10,12H2,1-2H3,(H,21,25)(H,22,26). The minimum Gasteiger partial charge on any atom is -0.387 e. The van der Waals surface area contributed by atoms with E-state index in [1.54, 1.807) is 12.1 Å². The first kappa shape index (κ1) is 17.9. The quantitative estimate of drug-likeness (QED) is 0.732. The van der Waals surface area contributed by atoms with Crippen molar-refractivity contribution in [2.75, 3.05) is 30.4 Å². The van der Waals surface area contributed by atoms with Crippen LogP contribution in [-0.4, -0.2) is 37.1 Å². The van der Waals surface area contributed by atoms with Crippen LogP contribution in [0, 0.1) is 6.92 Å². The SMILES string of the molecule is Cc1ccc(NC(=O)C(=O)NCC(O)c2ccc3c(c2)CCN3C)cc1. The number of hydrogen-bond acceptors (Lipinski definition) is 4. The molecule has 0 aliphatic carbocycles. The molecule has 26 heavy (non-hydrogen) atoms. The van der Waals surface area contributed by atoms with Gasteiger partial charge in [0.2, 0.25) is 0 Å². The summed E-state index contributed by atoms with van der Waals surface area (Å²) in [5, 5.41) is 15.3. The van der Waals surface area contributed by atoms with E-state index < -0.39 is 17.9 Å². The van der Waals surface area contributed by atoms with Crippen LogP contribution in [0.4, 0.5) is 11.4 Å². The fourth-order valence-electron chi connectivity index (χ4n) is 3.01. The van der Waals surface area contributed by atoms with Crippen LogP contribution in [-0.2, 0) is 16.0 Å². The molecule has 1 heterocycles. The maximum atomic E-state index is 11.9. The molecule has 136 valence electrons. The molecular weight excluding hydrogens is 330 g/mol. The molecule has 2 amide bonds. The van der Waals surface area contributed by atoms with Crippen molar-refractivity contribution in [1.82, 2.24) is 5.32 Å². The van der Waals surface area contributed by atoms with Gasteiger partial charge in [-0.3, -0.25) is 9.59 Å². The van der Waals surface area contributed by atoms with Gasteiger partial charge in [0.1, 0.15) is 0 Å². The number of likely N-dealkylation sites (N-methyl/N-ethyl adjacent to an activating group) is 1. The number of amides is 2. The zero-order valence-corrected chi connectivity index (χ0v) is 15.0. The van der Waals surface area contributed by atoms with Crippen LogP contribution in [0.1, 0.15) is 22.8 Å². The second-order valence-corrected chi connectivity index (χ2v) is 6.61. The van der Waals surface area contributed by atoms with Crippen LogP contribution in [0.15, 0.2) is 42.5 Å². The van der Waals surface area contributed by atoms with Crippen LogP contribution >= 0.6 is 0 Å². The van der Waals surface area contributed by atoms with Crippen molar-refractivity contribution < 1.29 is 14.7 Å². The van der Waals surface area contributed by atoms with Gasteiger partial charge in [0.05, 0.1) is 6.10 Å². The van der Waals surface area contributed by atoms with E-state index >= 15 is 0 Å². The number of nitrogens with zero attached hydrogens (tertiary/aromatic N) is 1. The molecule has 0 spiro atoms. The van der Waals surface area contributed by atoms with Gasteiger partial charge in [0.15, 0.2) is 0 Å². The summed E-state index contributed by atoms with van der Waals surface area (Å²) in [6.07, 6.45) is 0.0832. The van der Waals surface area contributed by atoms with E-state index in [1.165, 1.54) is 11.3 Å². The third kappa shape index (κ3) is 4.03. The number of nitrogens with one attached hydrogen (secondary N) is 2. The van der Waals surface area contributed by atoms with Crippen LogP contribution in [0.2, 0.25) is 0 Å². The van der Waals surface area contributed by atoms with E-state index in [2.05, 4.69) is 15.5 Å². The molecule has 0 saturated carbocycles. The average Bonchev–Trinajstić information content (AvgIpc) is 3.01. The highest BCUT2D eigenvalue weighted by molar-refractivity contribution is 6.39. The Hall–Kier alpha value is -2.86. The highest BCUT2D eigenvalue weighted by Gasteiger charge is 2.19. The summed E-state index contributed by atoms with van der Waals surface area (Å²) in [7, 11) is 2.04. The van der Waals surface area contributed by atoms with Gasteiger partial charge < -0.3 is 20.6 Å². The van der Waals surface area contributed by atoms with Crippen molar-refractivity contribution in [2.24, 2.45) is 0 Å². The third-order valence-corrected chi connectivity index (χ3v) is 4.59. The van der Waals surface area contributed by atoms with Crippen molar-refractivity contribution in [3.8, 4) is 0 Å². The summed E-state index contributed by atoms with van der Waals surface area (Å²) in [5.41, 5.74) is 4.71. The number of aliphatic hydroxyl groups is 1. The second kappa shape index (κ2) is 7.58. The molecule has 2 aromatic carbocycles. The first-order valence-corrected chi connectivity index (χ1v) is 8.62. The summed E-state index contributed by atoms with van der Waals surface area (Å²) in [6.45, 7) is 2.89. The van der Waals surface area contributed by atoms with Crippen LogP contribution in [0.3, 0.4) is 0 Å². The molecule has 1 unspecified atom stereocenters. The summed E-state index contributed by atoms with van der Waals surface area (Å²) in [5.74, 6) is -1.53. The number of anilines is 2. The minimum absolute atomic E-state index is 0.0191. The van der Waals surface area contributed by atoms with Crippen molar-refractivity contribution in [3.63, 3.8) is 0 Å². The minimum atomic E-state index is -0.859. The predicted molar refractivity (Wildman–Crippen MR) is 101 cm³/mol. The lowest BCUT2D eigenvalue weighted by atomic mass is 10.0. The van der Waals surface area contributed by atoms with Crippen molar-refractivity contribution in [2.45, 2.75) is 19.4 Å². The number of carbonyl (C=O) groups is 2. The van der Waals surface area contributed by atoms with E-state index in [-0.39, 0.29) is 6.54 Å². The largest absolute Gasteiger partial charge is 0.387 e. The molecule has 3 rings (SSSR count). The Bertz CT molecular complexity index is 818. The smallest absolute Gasteiger partial charge is 0.313 e. The fourth-order valence-corrected chi connectivity index (χ4v) is 3.01. The zero-order valence-electron chi connectivity index (χ0n) is 15.0. The van der Waals surface area contributed by atoms with Crippen molar-refractivity contribution in [1.29, 1.82) is 0 Å². The number of rotatable bonds is 4. The van der Waals surface area contributed by atoms with E-state index in [1.807, 2.05) is 44.3 Å². The maximum Gasteiger partial charge on any atom is 0.313 e. The van der Waals surface area contributed by atoms with Crippen LogP contribution in [0.25, 0.3) is 0 Å². The Morgan fingerprint density at radius 3 is 2.62 bits per heavy atom. The van der Waals surface area contributed by atoms with Gasteiger partial charge in [0, 0.05) is 31.5 Å². The molecule has 1 atom stereocenters. The maximum absolute atomic E-state index is 11.9. The van der Waals surface area contributed by atoms with Crippen molar-refractivity contribution in [3.05, 3.63) is 59.2 Å². The molecule has 6 heteroatoms. The molecular formula is C20H23N3O3. The van der Waals surface area contributed by atoms with E-state index in [0.717, 1.165) is 24.1 Å². The van der Waals surface area contributed by atoms with Gasteiger partial charge in [-0.25, -0.2) is 0 Å². The van der Waals surface area contributed by atoms with Crippen LogP contribution < -0.4 is 15.5 Å². The molecule has 0 fully saturated rings. The lowest BCUT2D eigenvalue weighted by Gasteiger charge is -2.15. The number of fused-ring (bicyclic) bond motifs is 1. The van der Waals surface area contributed by atoms with E-state index in [4.69, 9.17) is 0 Å². The molecule has 0 bridgehead atoms. The zero-order chi connectivity index (χ0) is 18.7. The third-order valence-electron chi connectivity index (χ3n) is 4.59. The van der Waals surface area contributed by atoms with Gasteiger partial charge in [-0.05, 0) is 42.7 Å². The van der Waals surface area contributed by atoms with Gasteiger partial charge in [-0.1, -0.05) is 29.8 Å². The number of aryl methyl sites for hydroxylation is 1. The first-order chi connectivity index (χ1) is 12.4. The summed E-state index contributed by atoms with van der Waals surface area (Å²) in [4.78, 5) is 26.0. The Kier molecular flexibility index (Phi) is 5.23. The Morgan fingerprint density at radius 1 is 1.15 bits per heavy atom. The number of hydrogen-bond donors (Lipinski definition) is 3. The van der Waals surface area contributed by atoms with Crippen molar-refractivity contribution >= 4 is 23.2 Å². The fraction of sp³-hybridized carbons (Fsp3) is 0.300. The van der Waals surface area contributed by atoms with Gasteiger partial charge in [0.25, 0.3) is 0 Å². The lowest BCUT2D eigenvalue weighted by Crippen LogP contribution is -2.37.